The third-order valence-corrected chi connectivity index (χ3v) is 5.96. The summed E-state index contributed by atoms with van der Waals surface area (Å²) in [5.74, 6) is 0.169. The molecule has 2 atom stereocenters. The van der Waals surface area contributed by atoms with E-state index < -0.39 is 29.3 Å². The van der Waals surface area contributed by atoms with E-state index in [-0.39, 0.29) is 32.2 Å². The molecule has 1 aliphatic rings. The third kappa shape index (κ3) is 8.94. The molecule has 0 aromatic rings. The number of nitrogens with one attached hydrogen (secondary N) is 1. The molecule has 1 amide bonds. The summed E-state index contributed by atoms with van der Waals surface area (Å²) in [6, 6.07) is -0.412. The van der Waals surface area contributed by atoms with Crippen LogP contribution in [0.2, 0.25) is 0 Å². The number of amides is 1. The Morgan fingerprint density at radius 2 is 1.93 bits per heavy atom. The number of hydrogen-bond acceptors (Lipinski definition) is 8. The van der Waals surface area contributed by atoms with Crippen LogP contribution in [-0.4, -0.2) is 70.7 Å². The molecule has 0 saturated carbocycles. The summed E-state index contributed by atoms with van der Waals surface area (Å²) in [7, 11) is 0. The molecule has 0 aliphatic carbocycles. The van der Waals surface area contributed by atoms with E-state index in [1.165, 1.54) is 11.8 Å². The second-order valence-corrected chi connectivity index (χ2v) is 9.43. The predicted octanol–water partition coefficient (Wildman–Crippen LogP) is 1.97. The average molecular weight is 434 g/mol. The molecule has 8 nitrogen and oxygen atoms in total. The maximum absolute atomic E-state index is 11.9. The van der Waals surface area contributed by atoms with Crippen molar-refractivity contribution in [2.45, 2.75) is 71.1 Å². The Bertz CT molecular complexity index is 561. The Balaban J connectivity index is 2.36. The minimum Gasteiger partial charge on any atom is -0.465 e. The van der Waals surface area contributed by atoms with Crippen molar-refractivity contribution in [3.05, 3.63) is 11.0 Å². The lowest BCUT2D eigenvalue weighted by molar-refractivity contribution is -0.149. The normalized spacial score (nSPS) is 21.3. The van der Waals surface area contributed by atoms with Gasteiger partial charge in [-0.25, -0.2) is 4.79 Å². The summed E-state index contributed by atoms with van der Waals surface area (Å²) in [6.45, 7) is 6.65. The van der Waals surface area contributed by atoms with Gasteiger partial charge in [0.2, 0.25) is 0 Å². The highest BCUT2D eigenvalue weighted by molar-refractivity contribution is 8.03. The molecule has 4 N–H and O–H groups in total. The Hall–Kier alpha value is -1.29. The quantitative estimate of drug-likeness (QED) is 0.304. The summed E-state index contributed by atoms with van der Waals surface area (Å²) < 4.78 is 10.4. The molecule has 0 aromatic carbocycles. The van der Waals surface area contributed by atoms with Gasteiger partial charge in [0.1, 0.15) is 18.3 Å². The van der Waals surface area contributed by atoms with Crippen LogP contribution >= 0.6 is 11.8 Å². The van der Waals surface area contributed by atoms with E-state index in [0.717, 1.165) is 4.91 Å². The fourth-order valence-electron chi connectivity index (χ4n) is 2.58. The van der Waals surface area contributed by atoms with Gasteiger partial charge < -0.3 is 30.1 Å². The molecule has 0 bridgehead atoms. The maximum atomic E-state index is 11.9. The van der Waals surface area contributed by atoms with Crippen LogP contribution in [0.5, 0.6) is 0 Å². The van der Waals surface area contributed by atoms with Gasteiger partial charge in [0.15, 0.2) is 0 Å². The van der Waals surface area contributed by atoms with E-state index >= 15 is 0 Å². The minimum absolute atomic E-state index is 0.0109. The average Bonchev–Trinajstić information content (AvgIpc) is 2.98. The molecule has 1 rings (SSSR count). The molecule has 168 valence electrons. The number of esters is 1. The standard InChI is InChI=1S/C20H35NO7S/c1-5-20(11-22,12-23)13-27-16(24)9-7-6-8-15-17(25)14(10-29-15)21-18(26)28-19(2,3)4/h8,14,17,22-23,25H,5-7,9-13H2,1-4H3,(H,21,26)/b15-8+/t14-,17-/m0/s1. The first-order chi connectivity index (χ1) is 13.6. The number of unbranched alkanes of at least 4 members (excludes halogenated alkanes) is 1. The first-order valence-electron chi connectivity index (χ1n) is 9.93. The lowest BCUT2D eigenvalue weighted by Crippen LogP contribution is -2.44. The lowest BCUT2D eigenvalue weighted by Gasteiger charge is -2.27. The number of carbonyl (C=O) groups is 2. The van der Waals surface area contributed by atoms with Crippen molar-refractivity contribution in [2.75, 3.05) is 25.6 Å². The zero-order chi connectivity index (χ0) is 22.1. The van der Waals surface area contributed by atoms with Gasteiger partial charge in [-0.2, -0.15) is 0 Å². The molecule has 0 spiro atoms. The van der Waals surface area contributed by atoms with Gasteiger partial charge >= 0.3 is 12.1 Å². The van der Waals surface area contributed by atoms with Crippen molar-refractivity contribution < 1.29 is 34.4 Å². The van der Waals surface area contributed by atoms with E-state index in [1.54, 1.807) is 20.8 Å². The van der Waals surface area contributed by atoms with Gasteiger partial charge in [-0.3, -0.25) is 4.79 Å². The SMILES string of the molecule is CCC(CO)(CO)COC(=O)CCC/C=C1/SC[C@H](NC(=O)OC(C)(C)C)[C@@H]1O. The smallest absolute Gasteiger partial charge is 0.408 e. The van der Waals surface area contributed by atoms with E-state index in [4.69, 9.17) is 9.47 Å². The number of aliphatic hydroxyl groups is 3. The van der Waals surface area contributed by atoms with Crippen LogP contribution in [0.1, 0.15) is 53.4 Å². The zero-order valence-electron chi connectivity index (χ0n) is 17.8. The first-order valence-corrected chi connectivity index (χ1v) is 10.9. The van der Waals surface area contributed by atoms with Gasteiger partial charge in [0, 0.05) is 17.1 Å². The highest BCUT2D eigenvalue weighted by atomic mass is 32.2. The number of thioether (sulfide) groups is 1. The van der Waals surface area contributed by atoms with Crippen molar-refractivity contribution in [2.24, 2.45) is 5.41 Å². The van der Waals surface area contributed by atoms with Gasteiger partial charge in [0.05, 0.1) is 24.7 Å². The van der Waals surface area contributed by atoms with Gasteiger partial charge in [-0.1, -0.05) is 13.0 Å². The number of carbonyl (C=O) groups excluding carboxylic acids is 2. The fraction of sp³-hybridized carbons (Fsp3) is 0.800. The summed E-state index contributed by atoms with van der Waals surface area (Å²) in [5.41, 5.74) is -1.39. The monoisotopic (exact) mass is 433 g/mol. The van der Waals surface area contributed by atoms with Crippen LogP contribution in [0.3, 0.4) is 0 Å². The number of ether oxygens (including phenoxy) is 2. The largest absolute Gasteiger partial charge is 0.465 e. The van der Waals surface area contributed by atoms with Gasteiger partial charge in [-0.15, -0.1) is 11.8 Å². The molecule has 9 heteroatoms. The lowest BCUT2D eigenvalue weighted by atomic mass is 9.88. The molecule has 0 radical (unpaired) electrons. The Morgan fingerprint density at radius 1 is 1.28 bits per heavy atom. The molecular formula is C20H35NO7S. The van der Waals surface area contributed by atoms with E-state index in [1.807, 2.05) is 13.0 Å². The highest BCUT2D eigenvalue weighted by Crippen LogP contribution is 2.32. The summed E-state index contributed by atoms with van der Waals surface area (Å²) in [4.78, 5) is 24.5. The molecule has 1 aliphatic heterocycles. The number of rotatable bonds is 10. The van der Waals surface area contributed by atoms with Crippen molar-refractivity contribution in [1.29, 1.82) is 0 Å². The molecular weight excluding hydrogens is 398 g/mol. The molecule has 1 heterocycles. The first kappa shape index (κ1) is 25.7. The second-order valence-electron chi connectivity index (χ2n) is 8.34. The van der Waals surface area contributed by atoms with Gasteiger partial charge in [0.25, 0.3) is 0 Å². The predicted molar refractivity (Wildman–Crippen MR) is 111 cm³/mol. The number of alkyl carbamates (subject to hydrolysis) is 1. The molecule has 1 fully saturated rings. The van der Waals surface area contributed by atoms with Crippen LogP contribution in [-0.2, 0) is 14.3 Å². The van der Waals surface area contributed by atoms with E-state index in [2.05, 4.69) is 5.32 Å². The molecule has 0 unspecified atom stereocenters. The fourth-order valence-corrected chi connectivity index (χ4v) is 3.79. The van der Waals surface area contributed by atoms with Crippen LogP contribution in [0.15, 0.2) is 11.0 Å². The second kappa shape index (κ2) is 11.8. The topological polar surface area (TPSA) is 125 Å². The number of aliphatic hydroxyl groups excluding tert-OH is 3. The third-order valence-electron chi connectivity index (χ3n) is 4.70. The van der Waals surface area contributed by atoms with Crippen LogP contribution < -0.4 is 5.32 Å². The van der Waals surface area contributed by atoms with Crippen molar-refractivity contribution >= 4 is 23.8 Å². The highest BCUT2D eigenvalue weighted by Gasteiger charge is 2.33. The summed E-state index contributed by atoms with van der Waals surface area (Å²) in [5, 5.41) is 31.8. The maximum Gasteiger partial charge on any atom is 0.408 e. The van der Waals surface area contributed by atoms with E-state index in [9.17, 15) is 24.9 Å². The van der Waals surface area contributed by atoms with Gasteiger partial charge in [-0.05, 0) is 40.0 Å². The van der Waals surface area contributed by atoms with Crippen LogP contribution in [0.4, 0.5) is 4.79 Å². The number of hydrogen-bond donors (Lipinski definition) is 4. The molecule has 29 heavy (non-hydrogen) atoms. The molecule has 0 aromatic heterocycles. The molecule has 1 saturated heterocycles. The van der Waals surface area contributed by atoms with Crippen LogP contribution in [0.25, 0.3) is 0 Å². The minimum atomic E-state index is -0.793. The van der Waals surface area contributed by atoms with E-state index in [0.29, 0.717) is 25.0 Å². The van der Waals surface area contributed by atoms with Crippen molar-refractivity contribution in [3.63, 3.8) is 0 Å². The number of allylic oxidation sites excluding steroid dienone is 1. The zero-order valence-corrected chi connectivity index (χ0v) is 18.6. The summed E-state index contributed by atoms with van der Waals surface area (Å²) >= 11 is 1.47. The Labute approximate surface area is 177 Å². The van der Waals surface area contributed by atoms with Crippen molar-refractivity contribution in [3.8, 4) is 0 Å². The van der Waals surface area contributed by atoms with Crippen LogP contribution in [0, 0.1) is 5.41 Å². The summed E-state index contributed by atoms with van der Waals surface area (Å²) in [6.07, 6.45) is 2.38. The van der Waals surface area contributed by atoms with Crippen molar-refractivity contribution in [1.82, 2.24) is 5.32 Å². The Kier molecular flexibility index (Phi) is 10.5. The Morgan fingerprint density at radius 3 is 2.48 bits per heavy atom.